The van der Waals surface area contributed by atoms with E-state index in [1.54, 1.807) is 39.7 Å². The Kier molecular flexibility index (Phi) is 5.74. The summed E-state index contributed by atoms with van der Waals surface area (Å²) < 4.78 is 9.09. The van der Waals surface area contributed by atoms with E-state index in [4.69, 9.17) is 9.72 Å². The Bertz CT molecular complexity index is 1600. The monoisotopic (exact) mass is 495 g/mol. The lowest BCUT2D eigenvalue weighted by atomic mass is 10.2. The van der Waals surface area contributed by atoms with Gasteiger partial charge in [-0.2, -0.15) is 5.10 Å². The van der Waals surface area contributed by atoms with Gasteiger partial charge in [-0.05, 0) is 48.5 Å². The highest BCUT2D eigenvalue weighted by molar-refractivity contribution is 7.99. The van der Waals surface area contributed by atoms with Crippen molar-refractivity contribution in [3.63, 3.8) is 0 Å². The fourth-order valence-corrected chi connectivity index (χ4v) is 5.33. The predicted octanol–water partition coefficient (Wildman–Crippen LogP) is 5.05. The van der Waals surface area contributed by atoms with Crippen molar-refractivity contribution in [1.82, 2.24) is 19.3 Å². The zero-order chi connectivity index (χ0) is 24.5. The first-order chi connectivity index (χ1) is 17.7. The van der Waals surface area contributed by atoms with Crippen molar-refractivity contribution in [3.8, 4) is 17.2 Å². The Morgan fingerprint density at radius 1 is 0.972 bits per heavy atom. The van der Waals surface area contributed by atoms with Gasteiger partial charge in [0.05, 0.1) is 17.9 Å². The second-order valence-corrected chi connectivity index (χ2v) is 9.34. The molecule has 0 saturated carbocycles. The summed E-state index contributed by atoms with van der Waals surface area (Å²) in [5, 5.41) is 8.34. The smallest absolute Gasteiger partial charge is 0.265 e. The lowest BCUT2D eigenvalue weighted by molar-refractivity contribution is -0.116. The number of amides is 1. The van der Waals surface area contributed by atoms with Crippen molar-refractivity contribution in [1.29, 1.82) is 0 Å². The van der Waals surface area contributed by atoms with E-state index in [1.165, 1.54) is 11.8 Å². The van der Waals surface area contributed by atoms with Crippen molar-refractivity contribution in [2.75, 3.05) is 11.1 Å². The molecule has 1 aliphatic heterocycles. The molecule has 1 aliphatic rings. The standard InChI is InChI=1S/C27H21N5O3S/c33-24(29-18-11-13-22(14-12-18)35-21-9-5-2-6-10-21)15-20-17-36-27-30-25-23(26(34)31(20)27)16-28-32(25)19-7-3-1-4-8-19/h1-14,16,20H,15,17H2,(H,29,33). The fraction of sp³-hybridized carbons (Fsp3) is 0.111. The van der Waals surface area contributed by atoms with Crippen LogP contribution in [-0.4, -0.2) is 31.0 Å². The first-order valence-corrected chi connectivity index (χ1v) is 12.5. The molecule has 0 saturated heterocycles. The van der Waals surface area contributed by atoms with Crippen LogP contribution in [0.15, 0.2) is 101 Å². The molecule has 1 unspecified atom stereocenters. The van der Waals surface area contributed by atoms with E-state index in [0.29, 0.717) is 33.4 Å². The van der Waals surface area contributed by atoms with Crippen LogP contribution in [0.4, 0.5) is 5.69 Å². The van der Waals surface area contributed by atoms with Gasteiger partial charge in [0.15, 0.2) is 10.8 Å². The molecule has 8 nitrogen and oxygen atoms in total. The molecule has 1 N–H and O–H groups in total. The number of carbonyl (C=O) groups is 1. The number of fused-ring (bicyclic) bond motifs is 2. The molecule has 0 bridgehead atoms. The molecule has 0 aliphatic carbocycles. The Balaban J connectivity index is 1.17. The highest BCUT2D eigenvalue weighted by atomic mass is 32.2. The van der Waals surface area contributed by atoms with Crippen molar-refractivity contribution < 1.29 is 9.53 Å². The van der Waals surface area contributed by atoms with Crippen LogP contribution in [-0.2, 0) is 4.79 Å². The van der Waals surface area contributed by atoms with Gasteiger partial charge in [-0.15, -0.1) is 0 Å². The molecule has 5 aromatic rings. The minimum Gasteiger partial charge on any atom is -0.457 e. The SMILES string of the molecule is O=C(CC1CSc2nc3c(cnn3-c3ccccc3)c(=O)n21)Nc1ccc(Oc2ccccc2)cc1. The summed E-state index contributed by atoms with van der Waals surface area (Å²) >= 11 is 1.48. The van der Waals surface area contributed by atoms with Gasteiger partial charge in [-0.25, -0.2) is 9.67 Å². The summed E-state index contributed by atoms with van der Waals surface area (Å²) in [7, 11) is 0. The molecule has 3 heterocycles. The number of hydrogen-bond donors (Lipinski definition) is 1. The van der Waals surface area contributed by atoms with Crippen molar-refractivity contribution >= 4 is 34.4 Å². The van der Waals surface area contributed by atoms with Crippen LogP contribution >= 0.6 is 11.8 Å². The number of rotatable bonds is 6. The lowest BCUT2D eigenvalue weighted by Crippen LogP contribution is -2.27. The molecule has 6 rings (SSSR count). The second-order valence-electron chi connectivity index (χ2n) is 8.36. The maximum absolute atomic E-state index is 13.3. The Morgan fingerprint density at radius 3 is 2.42 bits per heavy atom. The highest BCUT2D eigenvalue weighted by Crippen LogP contribution is 2.33. The summed E-state index contributed by atoms with van der Waals surface area (Å²) in [6, 6.07) is 26.0. The van der Waals surface area contributed by atoms with Gasteiger partial charge in [0, 0.05) is 17.9 Å². The second kappa shape index (κ2) is 9.35. The number of aromatic nitrogens is 4. The van der Waals surface area contributed by atoms with E-state index >= 15 is 0 Å². The molecule has 0 radical (unpaired) electrons. The van der Waals surface area contributed by atoms with Crippen LogP contribution in [0.2, 0.25) is 0 Å². The molecule has 2 aromatic heterocycles. The number of nitrogens with zero attached hydrogens (tertiary/aromatic N) is 4. The quantitative estimate of drug-likeness (QED) is 0.332. The van der Waals surface area contributed by atoms with Crippen LogP contribution in [0.3, 0.4) is 0 Å². The number of ether oxygens (including phenoxy) is 1. The molecule has 178 valence electrons. The molecule has 0 fully saturated rings. The molecule has 36 heavy (non-hydrogen) atoms. The van der Waals surface area contributed by atoms with Crippen LogP contribution in [0.1, 0.15) is 12.5 Å². The number of hydrogen-bond acceptors (Lipinski definition) is 6. The maximum atomic E-state index is 13.3. The zero-order valence-electron chi connectivity index (χ0n) is 19.1. The third kappa shape index (κ3) is 4.25. The van der Waals surface area contributed by atoms with Crippen LogP contribution in [0, 0.1) is 0 Å². The predicted molar refractivity (Wildman–Crippen MR) is 139 cm³/mol. The molecule has 1 amide bonds. The largest absolute Gasteiger partial charge is 0.457 e. The summed E-state index contributed by atoms with van der Waals surface area (Å²) in [6.07, 6.45) is 1.71. The first kappa shape index (κ1) is 22.1. The van der Waals surface area contributed by atoms with Crippen LogP contribution in [0.5, 0.6) is 11.5 Å². The van der Waals surface area contributed by atoms with Gasteiger partial charge in [-0.1, -0.05) is 48.2 Å². The number of para-hydroxylation sites is 2. The third-order valence-electron chi connectivity index (χ3n) is 5.91. The van der Waals surface area contributed by atoms with E-state index < -0.39 is 0 Å². The van der Waals surface area contributed by atoms with E-state index in [1.807, 2.05) is 60.7 Å². The zero-order valence-corrected chi connectivity index (χ0v) is 19.9. The topological polar surface area (TPSA) is 91.0 Å². The Hall–Kier alpha value is -4.37. The highest BCUT2D eigenvalue weighted by Gasteiger charge is 2.29. The Morgan fingerprint density at radius 2 is 1.67 bits per heavy atom. The Labute approximate surface area is 210 Å². The summed E-state index contributed by atoms with van der Waals surface area (Å²) in [5.41, 5.74) is 1.84. The number of benzene rings is 3. The van der Waals surface area contributed by atoms with E-state index in [0.717, 1.165) is 11.4 Å². The van der Waals surface area contributed by atoms with Gasteiger partial charge in [-0.3, -0.25) is 14.2 Å². The number of carbonyl (C=O) groups excluding carboxylic acids is 1. The lowest BCUT2D eigenvalue weighted by Gasteiger charge is -2.14. The van der Waals surface area contributed by atoms with Crippen molar-refractivity contribution in [3.05, 3.63) is 101 Å². The van der Waals surface area contributed by atoms with Gasteiger partial charge >= 0.3 is 0 Å². The normalized spacial score (nSPS) is 14.5. The molecule has 1 atom stereocenters. The molecule has 0 spiro atoms. The van der Waals surface area contributed by atoms with Crippen molar-refractivity contribution in [2.45, 2.75) is 17.6 Å². The molecule has 3 aromatic carbocycles. The average Bonchev–Trinajstić information content (AvgIpc) is 3.51. The number of thioether (sulfide) groups is 1. The summed E-state index contributed by atoms with van der Waals surface area (Å²) in [4.78, 5) is 30.8. The molecular formula is C27H21N5O3S. The van der Waals surface area contributed by atoms with Gasteiger partial charge in [0.1, 0.15) is 16.9 Å². The minimum absolute atomic E-state index is 0.169. The number of anilines is 1. The fourth-order valence-electron chi connectivity index (χ4n) is 4.20. The van der Waals surface area contributed by atoms with Gasteiger partial charge in [0.2, 0.25) is 5.91 Å². The molecular weight excluding hydrogens is 474 g/mol. The summed E-state index contributed by atoms with van der Waals surface area (Å²) in [6.45, 7) is 0. The first-order valence-electron chi connectivity index (χ1n) is 11.5. The number of nitrogens with one attached hydrogen (secondary N) is 1. The van der Waals surface area contributed by atoms with Gasteiger partial charge < -0.3 is 10.1 Å². The average molecular weight is 496 g/mol. The van der Waals surface area contributed by atoms with E-state index in [2.05, 4.69) is 10.4 Å². The van der Waals surface area contributed by atoms with E-state index in [-0.39, 0.29) is 23.9 Å². The van der Waals surface area contributed by atoms with Crippen molar-refractivity contribution in [2.24, 2.45) is 0 Å². The third-order valence-corrected chi connectivity index (χ3v) is 7.01. The molecule has 9 heteroatoms. The minimum atomic E-state index is -0.282. The summed E-state index contributed by atoms with van der Waals surface area (Å²) in [5.74, 6) is 1.86. The van der Waals surface area contributed by atoms with Gasteiger partial charge in [0.25, 0.3) is 5.56 Å². The van der Waals surface area contributed by atoms with Crippen LogP contribution < -0.4 is 15.6 Å². The van der Waals surface area contributed by atoms with E-state index in [9.17, 15) is 9.59 Å². The maximum Gasteiger partial charge on any atom is 0.265 e. The van der Waals surface area contributed by atoms with Crippen LogP contribution in [0.25, 0.3) is 16.7 Å².